The van der Waals surface area contributed by atoms with Gasteiger partial charge in [-0.3, -0.25) is 9.59 Å². The van der Waals surface area contributed by atoms with Gasteiger partial charge in [-0.05, 0) is 31.6 Å². The van der Waals surface area contributed by atoms with Gasteiger partial charge in [-0.15, -0.1) is 0 Å². The molecule has 0 aliphatic carbocycles. The molecule has 0 aromatic rings. The Morgan fingerprint density at radius 1 is 1.26 bits per heavy atom. The van der Waals surface area contributed by atoms with Gasteiger partial charge in [-0.25, -0.2) is 0 Å². The molecule has 0 aromatic heterocycles. The van der Waals surface area contributed by atoms with Gasteiger partial charge in [0.15, 0.2) is 0 Å². The largest absolute Gasteiger partial charge is 0.342 e. The summed E-state index contributed by atoms with van der Waals surface area (Å²) in [6.07, 6.45) is 3.89. The van der Waals surface area contributed by atoms with Crippen molar-refractivity contribution in [3.63, 3.8) is 0 Å². The molecule has 4 nitrogen and oxygen atoms in total. The lowest BCUT2D eigenvalue weighted by atomic mass is 9.91. The molecule has 19 heavy (non-hydrogen) atoms. The van der Waals surface area contributed by atoms with Gasteiger partial charge in [-0.2, -0.15) is 0 Å². The van der Waals surface area contributed by atoms with E-state index in [4.69, 9.17) is 0 Å². The van der Waals surface area contributed by atoms with Crippen LogP contribution in [0, 0.1) is 5.92 Å². The fourth-order valence-corrected chi connectivity index (χ4v) is 2.66. The molecule has 110 valence electrons. The number of rotatable bonds is 6. The minimum Gasteiger partial charge on any atom is -0.342 e. The van der Waals surface area contributed by atoms with Gasteiger partial charge >= 0.3 is 0 Å². The molecule has 1 rings (SSSR count). The average molecular weight is 268 g/mol. The Hall–Kier alpha value is -1.06. The number of carbonyl (C=O) groups excluding carboxylic acids is 2. The summed E-state index contributed by atoms with van der Waals surface area (Å²) >= 11 is 0. The number of amides is 2. The fourth-order valence-electron chi connectivity index (χ4n) is 2.66. The lowest BCUT2D eigenvalue weighted by Crippen LogP contribution is -2.56. The van der Waals surface area contributed by atoms with Crippen LogP contribution in [0.15, 0.2) is 0 Å². The van der Waals surface area contributed by atoms with Crippen LogP contribution in [0.4, 0.5) is 0 Å². The molecule has 0 atom stereocenters. The van der Waals surface area contributed by atoms with Gasteiger partial charge in [0, 0.05) is 19.5 Å². The first kappa shape index (κ1) is 16.0. The Bertz CT molecular complexity index is 322. The van der Waals surface area contributed by atoms with Crippen LogP contribution in [0.3, 0.4) is 0 Å². The molecule has 0 aromatic carbocycles. The van der Waals surface area contributed by atoms with Crippen molar-refractivity contribution in [2.75, 3.05) is 13.1 Å². The second-order valence-corrected chi connectivity index (χ2v) is 5.92. The van der Waals surface area contributed by atoms with Gasteiger partial charge in [0.2, 0.25) is 11.8 Å². The molecule has 1 heterocycles. The topological polar surface area (TPSA) is 49.4 Å². The van der Waals surface area contributed by atoms with Crippen LogP contribution in [-0.4, -0.2) is 35.3 Å². The number of hydrogen-bond donors (Lipinski definition) is 1. The van der Waals surface area contributed by atoms with Gasteiger partial charge in [0.1, 0.15) is 5.54 Å². The zero-order valence-corrected chi connectivity index (χ0v) is 12.8. The van der Waals surface area contributed by atoms with Crippen LogP contribution < -0.4 is 5.32 Å². The number of hydrogen-bond acceptors (Lipinski definition) is 2. The van der Waals surface area contributed by atoms with Crippen LogP contribution in [0.5, 0.6) is 0 Å². The Balaban J connectivity index is 2.75. The highest BCUT2D eigenvalue weighted by atomic mass is 16.2. The van der Waals surface area contributed by atoms with E-state index in [1.807, 2.05) is 18.7 Å². The van der Waals surface area contributed by atoms with Crippen molar-refractivity contribution in [1.82, 2.24) is 10.2 Å². The molecule has 2 amide bonds. The Morgan fingerprint density at radius 2 is 1.89 bits per heavy atom. The van der Waals surface area contributed by atoms with E-state index in [0.717, 1.165) is 19.4 Å². The van der Waals surface area contributed by atoms with Crippen LogP contribution in [0.2, 0.25) is 0 Å². The SMILES string of the molecule is CCC1(CC)NC(=O)CCN(CCCC(C)C)C1=O. The molecular weight excluding hydrogens is 240 g/mol. The molecule has 1 aliphatic rings. The Morgan fingerprint density at radius 3 is 2.42 bits per heavy atom. The second kappa shape index (κ2) is 6.92. The van der Waals surface area contributed by atoms with E-state index in [9.17, 15) is 9.59 Å². The van der Waals surface area contributed by atoms with E-state index in [1.54, 1.807) is 0 Å². The summed E-state index contributed by atoms with van der Waals surface area (Å²) in [4.78, 5) is 26.3. The summed E-state index contributed by atoms with van der Waals surface area (Å²) in [5.41, 5.74) is -0.675. The highest BCUT2D eigenvalue weighted by Gasteiger charge is 2.41. The monoisotopic (exact) mass is 268 g/mol. The molecular formula is C15H28N2O2. The lowest BCUT2D eigenvalue weighted by molar-refractivity contribution is -0.139. The quantitative estimate of drug-likeness (QED) is 0.804. The lowest BCUT2D eigenvalue weighted by Gasteiger charge is -2.33. The third-order valence-electron chi connectivity index (χ3n) is 4.10. The van der Waals surface area contributed by atoms with E-state index in [0.29, 0.717) is 31.7 Å². The zero-order valence-electron chi connectivity index (χ0n) is 12.8. The van der Waals surface area contributed by atoms with Crippen molar-refractivity contribution in [3.8, 4) is 0 Å². The molecule has 1 N–H and O–H groups in total. The summed E-state index contributed by atoms with van der Waals surface area (Å²) in [5.74, 6) is 0.763. The minimum atomic E-state index is -0.675. The second-order valence-electron chi connectivity index (χ2n) is 5.92. The zero-order chi connectivity index (χ0) is 14.5. The van der Waals surface area contributed by atoms with Crippen LogP contribution >= 0.6 is 0 Å². The van der Waals surface area contributed by atoms with Crippen molar-refractivity contribution >= 4 is 11.8 Å². The maximum Gasteiger partial charge on any atom is 0.248 e. The van der Waals surface area contributed by atoms with Gasteiger partial charge in [0.25, 0.3) is 0 Å². The van der Waals surface area contributed by atoms with Crippen molar-refractivity contribution < 1.29 is 9.59 Å². The molecule has 1 aliphatic heterocycles. The van der Waals surface area contributed by atoms with E-state index >= 15 is 0 Å². The van der Waals surface area contributed by atoms with Crippen molar-refractivity contribution in [2.45, 2.75) is 65.3 Å². The predicted octanol–water partition coefficient (Wildman–Crippen LogP) is 2.33. The minimum absolute atomic E-state index is 0.00316. The van der Waals surface area contributed by atoms with Crippen molar-refractivity contribution in [1.29, 1.82) is 0 Å². The molecule has 0 radical (unpaired) electrons. The average Bonchev–Trinajstić information content (AvgIpc) is 2.49. The number of nitrogens with one attached hydrogen (secondary N) is 1. The summed E-state index contributed by atoms with van der Waals surface area (Å²) in [6.45, 7) is 9.66. The Labute approximate surface area is 116 Å². The standard InChI is InChI=1S/C15H28N2O2/c1-5-15(6-2)14(19)17(10-7-8-12(3)4)11-9-13(18)16-15/h12H,5-11H2,1-4H3,(H,16,18). The smallest absolute Gasteiger partial charge is 0.248 e. The number of carbonyl (C=O) groups is 2. The van der Waals surface area contributed by atoms with Gasteiger partial charge < -0.3 is 10.2 Å². The Kier molecular flexibility index (Phi) is 5.83. The van der Waals surface area contributed by atoms with Crippen LogP contribution in [-0.2, 0) is 9.59 Å². The first-order chi connectivity index (χ1) is 8.95. The maximum atomic E-state index is 12.7. The normalized spacial score (nSPS) is 19.5. The molecule has 0 bridgehead atoms. The number of nitrogens with zero attached hydrogens (tertiary/aromatic N) is 1. The molecule has 0 saturated carbocycles. The highest BCUT2D eigenvalue weighted by molar-refractivity contribution is 5.93. The van der Waals surface area contributed by atoms with Crippen LogP contribution in [0.1, 0.15) is 59.8 Å². The predicted molar refractivity (Wildman–Crippen MR) is 76.7 cm³/mol. The first-order valence-corrected chi connectivity index (χ1v) is 7.55. The van der Waals surface area contributed by atoms with E-state index in [1.165, 1.54) is 0 Å². The third kappa shape index (κ3) is 3.95. The van der Waals surface area contributed by atoms with Crippen molar-refractivity contribution in [2.24, 2.45) is 5.92 Å². The molecule has 1 saturated heterocycles. The fraction of sp³-hybridized carbons (Fsp3) is 0.867. The first-order valence-electron chi connectivity index (χ1n) is 7.55. The van der Waals surface area contributed by atoms with Gasteiger partial charge in [-0.1, -0.05) is 27.7 Å². The molecule has 1 fully saturated rings. The van der Waals surface area contributed by atoms with E-state index < -0.39 is 5.54 Å². The molecule has 0 spiro atoms. The highest BCUT2D eigenvalue weighted by Crippen LogP contribution is 2.22. The summed E-state index contributed by atoms with van der Waals surface area (Å²) < 4.78 is 0. The van der Waals surface area contributed by atoms with Crippen LogP contribution in [0.25, 0.3) is 0 Å². The van der Waals surface area contributed by atoms with E-state index in [-0.39, 0.29) is 11.8 Å². The van der Waals surface area contributed by atoms with E-state index in [2.05, 4.69) is 19.2 Å². The maximum absolute atomic E-state index is 12.7. The third-order valence-corrected chi connectivity index (χ3v) is 4.10. The van der Waals surface area contributed by atoms with Gasteiger partial charge in [0.05, 0.1) is 0 Å². The molecule has 0 unspecified atom stereocenters. The summed E-state index contributed by atoms with van der Waals surface area (Å²) in [7, 11) is 0. The van der Waals surface area contributed by atoms with Crippen molar-refractivity contribution in [3.05, 3.63) is 0 Å². The summed E-state index contributed by atoms with van der Waals surface area (Å²) in [5, 5.41) is 2.94. The molecule has 4 heteroatoms. The summed E-state index contributed by atoms with van der Waals surface area (Å²) in [6, 6.07) is 0.